The quantitative estimate of drug-likeness (QED) is 0.197. The monoisotopic (exact) mass is 678 g/mol. The van der Waals surface area contributed by atoms with Crippen molar-refractivity contribution in [3.63, 3.8) is 0 Å². The Morgan fingerprint density at radius 2 is 1.12 bits per heavy atom. The number of hydrogen-bond donors (Lipinski definition) is 1. The molecule has 0 amide bonds. The van der Waals surface area contributed by atoms with Crippen molar-refractivity contribution in [2.24, 2.45) is 0 Å². The van der Waals surface area contributed by atoms with E-state index in [1.54, 1.807) is 0 Å². The Balaban J connectivity index is 1.02. The van der Waals surface area contributed by atoms with Crippen LogP contribution in [0.5, 0.6) is 0 Å². The zero-order chi connectivity index (χ0) is 33.9. The summed E-state index contributed by atoms with van der Waals surface area (Å²) in [4.78, 5) is 0. The molecule has 0 saturated heterocycles. The fourth-order valence-electron chi connectivity index (χ4n) is 9.09. The molecule has 1 unspecified atom stereocenters. The molecule has 8 aromatic carbocycles. The van der Waals surface area contributed by atoms with Gasteiger partial charge in [0.15, 0.2) is 0 Å². The summed E-state index contributed by atoms with van der Waals surface area (Å²) in [5.74, 6) is 0. The van der Waals surface area contributed by atoms with E-state index in [0.717, 1.165) is 0 Å². The first kappa shape index (κ1) is 28.3. The third-order valence-electron chi connectivity index (χ3n) is 11.4. The molecular formula is C49H30N2S. The molecule has 0 saturated carbocycles. The number of thiophene rings is 1. The number of nitrogens with zero attached hydrogens (tertiary/aromatic N) is 1. The second-order valence-corrected chi connectivity index (χ2v) is 15.1. The van der Waals surface area contributed by atoms with E-state index in [1.807, 2.05) is 11.3 Å². The number of fused-ring (bicyclic) bond motifs is 13. The second kappa shape index (κ2) is 10.6. The van der Waals surface area contributed by atoms with Gasteiger partial charge in [-0.2, -0.15) is 0 Å². The highest BCUT2D eigenvalue weighted by Gasteiger charge is 2.28. The molecule has 1 aliphatic heterocycles. The van der Waals surface area contributed by atoms with Crippen LogP contribution in [-0.4, -0.2) is 4.40 Å². The number of anilines is 1. The van der Waals surface area contributed by atoms with Gasteiger partial charge in [-0.05, 0) is 75.3 Å². The highest BCUT2D eigenvalue weighted by Crippen LogP contribution is 2.51. The predicted octanol–water partition coefficient (Wildman–Crippen LogP) is 13.7. The van der Waals surface area contributed by atoms with Gasteiger partial charge in [-0.1, -0.05) is 133 Å². The van der Waals surface area contributed by atoms with E-state index < -0.39 is 0 Å². The van der Waals surface area contributed by atoms with Crippen molar-refractivity contribution in [1.29, 1.82) is 0 Å². The zero-order valence-corrected chi connectivity index (χ0v) is 28.9. The standard InChI is InChI=1S/C49H30N2S/c1-2-11-31(12-3-1)47-37-25-26-44-46(45(37)36-15-4-7-18-41(36)50-47)38-17-10-16-33(49(38)52-44)30-23-21-29(22-24-30)32-27-39-34-13-5-8-19-42(34)51-43-20-9-6-14-35(43)40(28-32)48(39)51/h1-28,47,50H. The van der Waals surface area contributed by atoms with E-state index >= 15 is 0 Å². The molecule has 3 aromatic heterocycles. The normalized spacial score (nSPS) is 14.1. The molecule has 1 atom stereocenters. The first-order chi connectivity index (χ1) is 25.8. The van der Waals surface area contributed by atoms with E-state index in [2.05, 4.69) is 180 Å². The molecule has 0 aliphatic carbocycles. The molecule has 3 heteroatoms. The van der Waals surface area contributed by atoms with Crippen LogP contribution in [0.3, 0.4) is 0 Å². The molecule has 4 heterocycles. The maximum Gasteiger partial charge on any atom is 0.0773 e. The summed E-state index contributed by atoms with van der Waals surface area (Å²) in [6.45, 7) is 0. The van der Waals surface area contributed by atoms with Crippen molar-refractivity contribution in [3.05, 3.63) is 181 Å². The molecule has 242 valence electrons. The predicted molar refractivity (Wildman–Crippen MR) is 222 cm³/mol. The largest absolute Gasteiger partial charge is 0.374 e. The SMILES string of the molecule is c1ccc(C2Nc3ccccc3-c3c2ccc2sc4c(-c5ccc(-c6cc7c8ccccc8n8c9ccccc9c(c6)c78)cc5)cccc4c32)cc1. The third kappa shape index (κ3) is 3.83. The van der Waals surface area contributed by atoms with Gasteiger partial charge in [0.1, 0.15) is 0 Å². The van der Waals surface area contributed by atoms with Crippen LogP contribution in [0.25, 0.3) is 91.6 Å². The topological polar surface area (TPSA) is 16.4 Å². The molecule has 2 nitrogen and oxygen atoms in total. The van der Waals surface area contributed by atoms with Gasteiger partial charge in [-0.25, -0.2) is 0 Å². The van der Waals surface area contributed by atoms with Crippen molar-refractivity contribution >= 4 is 75.3 Å². The summed E-state index contributed by atoms with van der Waals surface area (Å²) in [6.07, 6.45) is 0. The minimum atomic E-state index is 0.0931. The van der Waals surface area contributed by atoms with Gasteiger partial charge in [-0.3, -0.25) is 0 Å². The van der Waals surface area contributed by atoms with E-state index in [-0.39, 0.29) is 6.04 Å². The van der Waals surface area contributed by atoms with Crippen molar-refractivity contribution in [3.8, 4) is 33.4 Å². The smallest absolute Gasteiger partial charge is 0.0773 e. The van der Waals surface area contributed by atoms with Gasteiger partial charge in [0.05, 0.1) is 22.6 Å². The second-order valence-electron chi connectivity index (χ2n) is 14.1. The average molecular weight is 679 g/mol. The van der Waals surface area contributed by atoms with Crippen LogP contribution in [0.4, 0.5) is 5.69 Å². The van der Waals surface area contributed by atoms with E-state index in [9.17, 15) is 0 Å². The van der Waals surface area contributed by atoms with Crippen molar-refractivity contribution in [2.45, 2.75) is 6.04 Å². The van der Waals surface area contributed by atoms with Crippen LogP contribution >= 0.6 is 11.3 Å². The van der Waals surface area contributed by atoms with Gasteiger partial charge < -0.3 is 9.72 Å². The molecule has 0 bridgehead atoms. The lowest BCUT2D eigenvalue weighted by Crippen LogP contribution is -2.18. The number of rotatable bonds is 3. The zero-order valence-electron chi connectivity index (χ0n) is 28.1. The number of para-hydroxylation sites is 3. The number of nitrogens with one attached hydrogen (secondary N) is 1. The van der Waals surface area contributed by atoms with Crippen LogP contribution in [0.2, 0.25) is 0 Å². The summed E-state index contributed by atoms with van der Waals surface area (Å²) in [5.41, 5.74) is 15.3. The highest BCUT2D eigenvalue weighted by molar-refractivity contribution is 7.26. The average Bonchev–Trinajstić information content (AvgIpc) is 3.88. The maximum atomic E-state index is 3.86. The number of aromatic nitrogens is 1. The van der Waals surface area contributed by atoms with Crippen LogP contribution in [0.15, 0.2) is 170 Å². The van der Waals surface area contributed by atoms with E-state index in [0.29, 0.717) is 0 Å². The lowest BCUT2D eigenvalue weighted by atomic mass is 9.84. The van der Waals surface area contributed by atoms with Crippen molar-refractivity contribution < 1.29 is 0 Å². The van der Waals surface area contributed by atoms with Crippen LogP contribution < -0.4 is 5.32 Å². The van der Waals surface area contributed by atoms with E-state index in [4.69, 9.17) is 0 Å². The third-order valence-corrected chi connectivity index (χ3v) is 12.6. The van der Waals surface area contributed by atoms with Crippen LogP contribution in [0.1, 0.15) is 17.2 Å². The summed E-state index contributed by atoms with van der Waals surface area (Å²) in [7, 11) is 0. The molecule has 0 spiro atoms. The molecule has 11 aromatic rings. The molecule has 52 heavy (non-hydrogen) atoms. The Labute approximate surface area is 304 Å². The Morgan fingerprint density at radius 3 is 1.88 bits per heavy atom. The first-order valence-corrected chi connectivity index (χ1v) is 18.8. The van der Waals surface area contributed by atoms with Gasteiger partial charge in [-0.15, -0.1) is 11.3 Å². The van der Waals surface area contributed by atoms with Crippen molar-refractivity contribution in [2.75, 3.05) is 5.32 Å². The minimum Gasteiger partial charge on any atom is -0.374 e. The minimum absolute atomic E-state index is 0.0931. The van der Waals surface area contributed by atoms with Gasteiger partial charge >= 0.3 is 0 Å². The number of hydrogen-bond acceptors (Lipinski definition) is 2. The fraction of sp³-hybridized carbons (Fsp3) is 0.0204. The fourth-order valence-corrected chi connectivity index (χ4v) is 10.3. The molecular weight excluding hydrogens is 649 g/mol. The highest BCUT2D eigenvalue weighted by atomic mass is 32.1. The molecule has 0 fully saturated rings. The summed E-state index contributed by atoms with van der Waals surface area (Å²) in [5, 5.41) is 11.8. The molecule has 12 rings (SSSR count). The Kier molecular flexibility index (Phi) is 5.74. The maximum absolute atomic E-state index is 3.86. The molecule has 0 radical (unpaired) electrons. The van der Waals surface area contributed by atoms with Gasteiger partial charge in [0, 0.05) is 53.0 Å². The molecule has 1 aliphatic rings. The van der Waals surface area contributed by atoms with Crippen LogP contribution in [0, 0.1) is 0 Å². The lowest BCUT2D eigenvalue weighted by Gasteiger charge is -2.31. The summed E-state index contributed by atoms with van der Waals surface area (Å²) < 4.78 is 5.11. The summed E-state index contributed by atoms with van der Waals surface area (Å²) >= 11 is 1.91. The van der Waals surface area contributed by atoms with Gasteiger partial charge in [0.2, 0.25) is 0 Å². The Bertz CT molecular complexity index is 3120. The van der Waals surface area contributed by atoms with Gasteiger partial charge in [0.25, 0.3) is 0 Å². The van der Waals surface area contributed by atoms with Crippen molar-refractivity contribution in [1.82, 2.24) is 4.40 Å². The first-order valence-electron chi connectivity index (χ1n) is 18.0. The van der Waals surface area contributed by atoms with Crippen LogP contribution in [-0.2, 0) is 0 Å². The Morgan fingerprint density at radius 1 is 0.481 bits per heavy atom. The summed E-state index contributed by atoms with van der Waals surface area (Å²) in [6, 6.07) is 62.9. The number of benzene rings is 8. The van der Waals surface area contributed by atoms with E-state index in [1.165, 1.54) is 108 Å². The Hall–Kier alpha value is -6.42. The lowest BCUT2D eigenvalue weighted by molar-refractivity contribution is 0.933. The molecule has 1 N–H and O–H groups in total.